The second kappa shape index (κ2) is 6.50. The number of nitrogens with one attached hydrogen (secondary N) is 1. The Bertz CT molecular complexity index is 410. The zero-order valence-electron chi connectivity index (χ0n) is 10.5. The summed E-state index contributed by atoms with van der Waals surface area (Å²) in [4.78, 5) is 18.3. The highest BCUT2D eigenvalue weighted by molar-refractivity contribution is 7.09. The van der Waals surface area contributed by atoms with Crippen molar-refractivity contribution in [3.8, 4) is 0 Å². The smallest absolute Gasteiger partial charge is 0.226 e. The minimum atomic E-state index is 0.0556. The summed E-state index contributed by atoms with van der Waals surface area (Å²) in [5.74, 6) is 1.06. The van der Waals surface area contributed by atoms with Crippen molar-refractivity contribution in [2.24, 2.45) is 5.92 Å². The van der Waals surface area contributed by atoms with Gasteiger partial charge in [-0.05, 0) is 25.9 Å². The first-order valence-corrected chi connectivity index (χ1v) is 7.53. The summed E-state index contributed by atoms with van der Waals surface area (Å²) in [5.41, 5.74) is 0.849. The van der Waals surface area contributed by atoms with Gasteiger partial charge in [-0.15, -0.1) is 22.9 Å². The standard InChI is InChI=1S/C12H18ClN3OS/c1-16-3-2-9(7-16)6-14-11(17)4-12-15-10(5-13)8-18-12/h8-9H,2-7H2,1H3,(H,14,17). The first-order valence-electron chi connectivity index (χ1n) is 6.12. The van der Waals surface area contributed by atoms with Crippen molar-refractivity contribution < 1.29 is 4.79 Å². The molecule has 0 bridgehead atoms. The molecular weight excluding hydrogens is 270 g/mol. The molecule has 2 rings (SSSR count). The highest BCUT2D eigenvalue weighted by atomic mass is 35.5. The molecule has 1 amide bonds. The van der Waals surface area contributed by atoms with Crippen LogP contribution in [0, 0.1) is 5.92 Å². The van der Waals surface area contributed by atoms with Crippen LogP contribution in [-0.2, 0) is 17.1 Å². The summed E-state index contributed by atoms with van der Waals surface area (Å²) in [7, 11) is 2.12. The zero-order chi connectivity index (χ0) is 13.0. The summed E-state index contributed by atoms with van der Waals surface area (Å²) < 4.78 is 0. The molecule has 4 nitrogen and oxygen atoms in total. The van der Waals surface area contributed by atoms with Crippen molar-refractivity contribution in [3.05, 3.63) is 16.1 Å². The van der Waals surface area contributed by atoms with Crippen molar-refractivity contribution in [2.45, 2.75) is 18.7 Å². The van der Waals surface area contributed by atoms with Gasteiger partial charge in [0.1, 0.15) is 5.01 Å². The Hall–Kier alpha value is -0.650. The van der Waals surface area contributed by atoms with E-state index >= 15 is 0 Å². The van der Waals surface area contributed by atoms with Gasteiger partial charge in [-0.2, -0.15) is 0 Å². The lowest BCUT2D eigenvalue weighted by molar-refractivity contribution is -0.120. The van der Waals surface area contributed by atoms with Crippen LogP contribution in [0.2, 0.25) is 0 Å². The van der Waals surface area contributed by atoms with Crippen LogP contribution < -0.4 is 5.32 Å². The summed E-state index contributed by atoms with van der Waals surface area (Å²) in [5, 5.41) is 5.73. The Kier molecular flexibility index (Phi) is 4.97. The Morgan fingerprint density at radius 1 is 1.72 bits per heavy atom. The van der Waals surface area contributed by atoms with E-state index in [4.69, 9.17) is 11.6 Å². The fraction of sp³-hybridized carbons (Fsp3) is 0.667. The van der Waals surface area contributed by atoms with E-state index in [1.165, 1.54) is 17.8 Å². The number of aromatic nitrogens is 1. The van der Waals surface area contributed by atoms with Crippen molar-refractivity contribution in [3.63, 3.8) is 0 Å². The lowest BCUT2D eigenvalue weighted by Crippen LogP contribution is -2.31. The number of rotatable bonds is 5. The first kappa shape index (κ1) is 13.8. The van der Waals surface area contributed by atoms with E-state index in [2.05, 4.69) is 22.2 Å². The minimum Gasteiger partial charge on any atom is -0.355 e. The molecule has 1 aromatic heterocycles. The molecule has 2 heterocycles. The van der Waals surface area contributed by atoms with Crippen molar-refractivity contribution in [1.82, 2.24) is 15.2 Å². The monoisotopic (exact) mass is 287 g/mol. The van der Waals surface area contributed by atoms with Crippen molar-refractivity contribution in [2.75, 3.05) is 26.7 Å². The minimum absolute atomic E-state index is 0.0556. The van der Waals surface area contributed by atoms with Gasteiger partial charge < -0.3 is 10.2 Å². The zero-order valence-corrected chi connectivity index (χ0v) is 12.1. The summed E-state index contributed by atoms with van der Waals surface area (Å²) >= 11 is 7.17. The summed E-state index contributed by atoms with van der Waals surface area (Å²) in [6.07, 6.45) is 1.54. The molecule has 1 aliphatic heterocycles. The van der Waals surface area contributed by atoms with Gasteiger partial charge in [0.25, 0.3) is 0 Å². The lowest BCUT2D eigenvalue weighted by atomic mass is 10.1. The van der Waals surface area contributed by atoms with Gasteiger partial charge >= 0.3 is 0 Å². The fourth-order valence-corrected chi connectivity index (χ4v) is 3.16. The van der Waals surface area contributed by atoms with Crippen LogP contribution in [0.3, 0.4) is 0 Å². The van der Waals surface area contributed by atoms with E-state index in [-0.39, 0.29) is 5.91 Å². The van der Waals surface area contributed by atoms with Crippen molar-refractivity contribution >= 4 is 28.8 Å². The number of halogens is 1. The van der Waals surface area contributed by atoms with Gasteiger partial charge in [-0.1, -0.05) is 0 Å². The number of hydrogen-bond donors (Lipinski definition) is 1. The second-order valence-corrected chi connectivity index (χ2v) is 5.97. The third kappa shape index (κ3) is 3.93. The Labute approximate surface area is 116 Å². The van der Waals surface area contributed by atoms with Crippen LogP contribution in [-0.4, -0.2) is 42.5 Å². The molecule has 1 N–H and O–H groups in total. The SMILES string of the molecule is CN1CCC(CNC(=O)Cc2nc(CCl)cs2)C1. The molecule has 18 heavy (non-hydrogen) atoms. The predicted molar refractivity (Wildman–Crippen MR) is 74.0 cm³/mol. The first-order chi connectivity index (χ1) is 8.67. The highest BCUT2D eigenvalue weighted by Gasteiger charge is 2.19. The number of amides is 1. The molecule has 0 radical (unpaired) electrons. The van der Waals surface area contributed by atoms with E-state index in [0.29, 0.717) is 18.2 Å². The third-order valence-corrected chi connectivity index (χ3v) is 4.30. The number of likely N-dealkylation sites (tertiary alicyclic amines) is 1. The number of nitrogens with zero attached hydrogens (tertiary/aromatic N) is 2. The molecule has 1 aliphatic rings. The topological polar surface area (TPSA) is 45.2 Å². The molecular formula is C12H18ClN3OS. The molecule has 0 aliphatic carbocycles. The lowest BCUT2D eigenvalue weighted by Gasteiger charge is -2.11. The second-order valence-electron chi connectivity index (χ2n) is 4.76. The maximum absolute atomic E-state index is 11.8. The molecule has 1 fully saturated rings. The van der Waals surface area contributed by atoms with E-state index in [1.54, 1.807) is 0 Å². The quantitative estimate of drug-likeness (QED) is 0.835. The number of carbonyl (C=O) groups is 1. The molecule has 6 heteroatoms. The molecule has 0 aromatic carbocycles. The molecule has 0 spiro atoms. The maximum Gasteiger partial charge on any atom is 0.226 e. The predicted octanol–water partition coefficient (Wildman–Crippen LogP) is 1.49. The average molecular weight is 288 g/mol. The van der Waals surface area contributed by atoms with Gasteiger partial charge in [0, 0.05) is 18.5 Å². The van der Waals surface area contributed by atoms with Crippen molar-refractivity contribution in [1.29, 1.82) is 0 Å². The van der Waals surface area contributed by atoms with Gasteiger partial charge in [0.05, 0.1) is 18.0 Å². The number of hydrogen-bond acceptors (Lipinski definition) is 4. The van der Waals surface area contributed by atoms with Crippen LogP contribution in [0.15, 0.2) is 5.38 Å². The van der Waals surface area contributed by atoms with Gasteiger partial charge in [-0.3, -0.25) is 4.79 Å². The number of carbonyl (C=O) groups excluding carboxylic acids is 1. The Morgan fingerprint density at radius 2 is 2.56 bits per heavy atom. The molecule has 0 saturated carbocycles. The summed E-state index contributed by atoms with van der Waals surface area (Å²) in [6, 6.07) is 0. The average Bonchev–Trinajstić information content (AvgIpc) is 2.95. The Balaban J connectivity index is 1.71. The van der Waals surface area contributed by atoms with E-state index in [0.717, 1.165) is 30.3 Å². The van der Waals surface area contributed by atoms with Gasteiger partial charge in [0.15, 0.2) is 0 Å². The normalized spacial score (nSPS) is 20.2. The van der Waals surface area contributed by atoms with Crippen LogP contribution >= 0.6 is 22.9 Å². The fourth-order valence-electron chi connectivity index (χ4n) is 2.14. The van der Waals surface area contributed by atoms with E-state index in [1.807, 2.05) is 5.38 Å². The summed E-state index contributed by atoms with van der Waals surface area (Å²) in [6.45, 7) is 2.98. The molecule has 1 aromatic rings. The molecule has 1 saturated heterocycles. The maximum atomic E-state index is 11.8. The Morgan fingerprint density at radius 3 is 3.17 bits per heavy atom. The van der Waals surface area contributed by atoms with E-state index < -0.39 is 0 Å². The van der Waals surface area contributed by atoms with Gasteiger partial charge in [0.2, 0.25) is 5.91 Å². The number of alkyl halides is 1. The largest absolute Gasteiger partial charge is 0.355 e. The van der Waals surface area contributed by atoms with Gasteiger partial charge in [-0.25, -0.2) is 4.98 Å². The highest BCUT2D eigenvalue weighted by Crippen LogP contribution is 2.14. The van der Waals surface area contributed by atoms with E-state index in [9.17, 15) is 4.79 Å². The third-order valence-electron chi connectivity index (χ3n) is 3.12. The van der Waals surface area contributed by atoms with Crippen LogP contribution in [0.25, 0.3) is 0 Å². The van der Waals surface area contributed by atoms with Crippen LogP contribution in [0.1, 0.15) is 17.1 Å². The molecule has 1 unspecified atom stereocenters. The molecule has 100 valence electrons. The van der Waals surface area contributed by atoms with Crippen LogP contribution in [0.5, 0.6) is 0 Å². The molecule has 1 atom stereocenters. The number of thiazole rings is 1. The van der Waals surface area contributed by atoms with Crippen LogP contribution in [0.4, 0.5) is 0 Å².